The molecule has 1 fully saturated rings. The highest BCUT2D eigenvalue weighted by Gasteiger charge is 2.25. The molecule has 8 nitrogen and oxygen atoms in total. The van der Waals surface area contributed by atoms with E-state index in [0.717, 1.165) is 75.1 Å². The van der Waals surface area contributed by atoms with Crippen molar-refractivity contribution < 1.29 is 19.1 Å². The van der Waals surface area contributed by atoms with Gasteiger partial charge in [-0.1, -0.05) is 12.5 Å². The second-order valence-electron chi connectivity index (χ2n) is 9.40. The molecule has 2 aromatic rings. The number of fused-ring (bicyclic) bond motifs is 1. The first-order chi connectivity index (χ1) is 15.2. The number of amides is 1. The number of benzene rings is 1. The van der Waals surface area contributed by atoms with Crippen molar-refractivity contribution in [2.45, 2.75) is 59.1 Å². The molecule has 0 N–H and O–H groups in total. The minimum atomic E-state index is -0.451. The Morgan fingerprint density at radius 2 is 1.72 bits per heavy atom. The van der Waals surface area contributed by atoms with Crippen molar-refractivity contribution in [3.8, 4) is 0 Å². The zero-order valence-corrected chi connectivity index (χ0v) is 20.0. The molecule has 32 heavy (non-hydrogen) atoms. The molecule has 2 heterocycles. The Hall–Kier alpha value is -2.61. The van der Waals surface area contributed by atoms with E-state index in [1.165, 1.54) is 7.11 Å². The number of unbranched alkanes of at least 4 members (excludes halogenated alkanes) is 2. The van der Waals surface area contributed by atoms with Crippen LogP contribution in [0.5, 0.6) is 0 Å². The Labute approximate surface area is 190 Å². The summed E-state index contributed by atoms with van der Waals surface area (Å²) in [5.41, 5.74) is 2.04. The van der Waals surface area contributed by atoms with Gasteiger partial charge in [-0.3, -0.25) is 9.58 Å². The lowest BCUT2D eigenvalue weighted by Gasteiger charge is -2.35. The number of carbonyl (C=O) groups is 2. The van der Waals surface area contributed by atoms with Crippen LogP contribution in [0.2, 0.25) is 0 Å². The third-order valence-electron chi connectivity index (χ3n) is 5.73. The fraction of sp³-hybridized carbons (Fsp3) is 0.625. The summed E-state index contributed by atoms with van der Waals surface area (Å²) >= 11 is 0. The van der Waals surface area contributed by atoms with Crippen LogP contribution >= 0.6 is 0 Å². The number of hydrogen-bond acceptors (Lipinski definition) is 6. The Morgan fingerprint density at radius 1 is 1.03 bits per heavy atom. The van der Waals surface area contributed by atoms with Gasteiger partial charge in [-0.15, -0.1) is 0 Å². The van der Waals surface area contributed by atoms with Gasteiger partial charge >= 0.3 is 12.1 Å². The van der Waals surface area contributed by atoms with E-state index in [9.17, 15) is 9.59 Å². The summed E-state index contributed by atoms with van der Waals surface area (Å²) in [6.45, 7) is 12.7. The topological polar surface area (TPSA) is 76.9 Å². The summed E-state index contributed by atoms with van der Waals surface area (Å²) in [5.74, 6) is -0.330. The quantitative estimate of drug-likeness (QED) is 0.477. The second-order valence-corrected chi connectivity index (χ2v) is 9.40. The molecule has 1 amide bonds. The van der Waals surface area contributed by atoms with Crippen molar-refractivity contribution in [3.63, 3.8) is 0 Å². The SMILES string of the molecule is COC(=O)c1ccc2c(C)nn(CCCCCN3CCN(C(=O)OC(C)(C)C)CC3)c2c1. The lowest BCUT2D eigenvalue weighted by atomic mass is 10.1. The summed E-state index contributed by atoms with van der Waals surface area (Å²) in [7, 11) is 1.40. The minimum absolute atomic E-state index is 0.214. The van der Waals surface area contributed by atoms with Crippen molar-refractivity contribution >= 4 is 23.0 Å². The molecule has 3 rings (SSSR count). The molecule has 0 unspecified atom stereocenters. The number of nitrogens with zero attached hydrogens (tertiary/aromatic N) is 4. The summed E-state index contributed by atoms with van der Waals surface area (Å²) in [5, 5.41) is 5.73. The third-order valence-corrected chi connectivity index (χ3v) is 5.73. The van der Waals surface area contributed by atoms with E-state index < -0.39 is 5.60 Å². The molecule has 1 aromatic carbocycles. The Kier molecular flexibility index (Phi) is 7.77. The molecule has 0 atom stereocenters. The molecule has 1 aliphatic heterocycles. The van der Waals surface area contributed by atoms with Crippen LogP contribution in [0.3, 0.4) is 0 Å². The molecule has 0 spiro atoms. The molecule has 0 radical (unpaired) electrons. The van der Waals surface area contributed by atoms with Crippen molar-refractivity contribution in [1.29, 1.82) is 0 Å². The smallest absolute Gasteiger partial charge is 0.410 e. The highest BCUT2D eigenvalue weighted by molar-refractivity contribution is 5.95. The molecular weight excluding hydrogens is 408 g/mol. The van der Waals surface area contributed by atoms with Gasteiger partial charge in [0.25, 0.3) is 0 Å². The van der Waals surface area contributed by atoms with Crippen LogP contribution in [0, 0.1) is 6.92 Å². The maximum atomic E-state index is 12.2. The van der Waals surface area contributed by atoms with E-state index in [4.69, 9.17) is 9.47 Å². The molecule has 1 aliphatic rings. The maximum Gasteiger partial charge on any atom is 0.410 e. The molecule has 0 bridgehead atoms. The van der Waals surface area contributed by atoms with E-state index in [1.807, 2.05) is 44.5 Å². The van der Waals surface area contributed by atoms with Crippen molar-refractivity contribution in [2.75, 3.05) is 39.8 Å². The van der Waals surface area contributed by atoms with Gasteiger partial charge in [-0.05, 0) is 59.2 Å². The van der Waals surface area contributed by atoms with Gasteiger partial charge in [-0.25, -0.2) is 9.59 Å². The van der Waals surface area contributed by atoms with E-state index in [0.29, 0.717) is 5.56 Å². The standard InChI is InChI=1S/C24H36N4O4/c1-18-20-10-9-19(22(29)31-5)17-21(20)28(25-18)12-8-6-7-11-26-13-15-27(16-14-26)23(30)32-24(2,3)4/h9-10,17H,6-8,11-16H2,1-5H3. The molecule has 1 aromatic heterocycles. The number of carbonyl (C=O) groups excluding carboxylic acids is 2. The van der Waals surface area contributed by atoms with E-state index >= 15 is 0 Å². The first-order valence-corrected chi connectivity index (χ1v) is 11.4. The molecule has 0 aliphatic carbocycles. The lowest BCUT2D eigenvalue weighted by Crippen LogP contribution is -2.50. The minimum Gasteiger partial charge on any atom is -0.465 e. The lowest BCUT2D eigenvalue weighted by molar-refractivity contribution is 0.0144. The molecule has 176 valence electrons. The maximum absolute atomic E-state index is 12.2. The average molecular weight is 445 g/mol. The van der Waals surface area contributed by atoms with Gasteiger partial charge in [0.15, 0.2) is 0 Å². The number of methoxy groups -OCH3 is 1. The normalized spacial score (nSPS) is 15.2. The van der Waals surface area contributed by atoms with Crippen LogP contribution in [-0.4, -0.2) is 77.1 Å². The monoisotopic (exact) mass is 444 g/mol. The van der Waals surface area contributed by atoms with Crippen molar-refractivity contribution in [2.24, 2.45) is 0 Å². The van der Waals surface area contributed by atoms with Crippen LogP contribution < -0.4 is 0 Å². The first kappa shape index (κ1) is 24.0. The second kappa shape index (κ2) is 10.3. The number of esters is 1. The zero-order chi connectivity index (χ0) is 23.3. The van der Waals surface area contributed by atoms with E-state index in [-0.39, 0.29) is 12.1 Å². The van der Waals surface area contributed by atoms with Gasteiger partial charge in [-0.2, -0.15) is 5.10 Å². The largest absolute Gasteiger partial charge is 0.465 e. The van der Waals surface area contributed by atoms with E-state index in [1.54, 1.807) is 11.0 Å². The highest BCUT2D eigenvalue weighted by atomic mass is 16.6. The summed E-state index contributed by atoms with van der Waals surface area (Å²) in [6, 6.07) is 5.60. The van der Waals surface area contributed by atoms with Crippen LogP contribution in [0.1, 0.15) is 56.1 Å². The molecular formula is C24H36N4O4. The predicted octanol–water partition coefficient (Wildman–Crippen LogP) is 3.85. The van der Waals surface area contributed by atoms with Gasteiger partial charge in [0.2, 0.25) is 0 Å². The number of ether oxygens (including phenoxy) is 2. The Balaban J connectivity index is 1.41. The van der Waals surface area contributed by atoms with Gasteiger partial charge in [0.05, 0.1) is 23.9 Å². The van der Waals surface area contributed by atoms with Crippen LogP contribution in [0.4, 0.5) is 4.79 Å². The van der Waals surface area contributed by atoms with Crippen LogP contribution in [-0.2, 0) is 16.0 Å². The highest BCUT2D eigenvalue weighted by Crippen LogP contribution is 2.21. The predicted molar refractivity (Wildman–Crippen MR) is 124 cm³/mol. The summed E-state index contributed by atoms with van der Waals surface area (Å²) < 4.78 is 12.3. The van der Waals surface area contributed by atoms with Gasteiger partial charge in [0.1, 0.15) is 5.60 Å². The van der Waals surface area contributed by atoms with Gasteiger partial charge < -0.3 is 14.4 Å². The average Bonchev–Trinajstić information content (AvgIpc) is 3.07. The fourth-order valence-electron chi connectivity index (χ4n) is 4.01. The van der Waals surface area contributed by atoms with E-state index in [2.05, 4.69) is 10.00 Å². The summed E-state index contributed by atoms with van der Waals surface area (Å²) in [4.78, 5) is 28.2. The number of hydrogen-bond donors (Lipinski definition) is 0. The first-order valence-electron chi connectivity index (χ1n) is 11.4. The fourth-order valence-corrected chi connectivity index (χ4v) is 4.01. The summed E-state index contributed by atoms with van der Waals surface area (Å²) in [6.07, 6.45) is 3.02. The Morgan fingerprint density at radius 3 is 2.38 bits per heavy atom. The molecule has 1 saturated heterocycles. The molecule has 0 saturated carbocycles. The third kappa shape index (κ3) is 6.22. The Bertz CT molecular complexity index is 939. The van der Waals surface area contributed by atoms with Gasteiger partial charge in [0, 0.05) is 38.1 Å². The van der Waals surface area contributed by atoms with Crippen molar-refractivity contribution in [1.82, 2.24) is 19.6 Å². The zero-order valence-electron chi connectivity index (χ0n) is 20.0. The van der Waals surface area contributed by atoms with Crippen LogP contribution in [0.25, 0.3) is 10.9 Å². The number of aryl methyl sites for hydroxylation is 2. The van der Waals surface area contributed by atoms with Crippen LogP contribution in [0.15, 0.2) is 18.2 Å². The number of aromatic nitrogens is 2. The van der Waals surface area contributed by atoms with Crippen molar-refractivity contribution in [3.05, 3.63) is 29.5 Å². The molecule has 8 heteroatoms. The number of piperazine rings is 1. The number of rotatable bonds is 7.